The van der Waals surface area contributed by atoms with Gasteiger partial charge in [0.05, 0.1) is 0 Å². The van der Waals surface area contributed by atoms with Crippen LogP contribution in [0.25, 0.3) is 0 Å². The van der Waals surface area contributed by atoms with E-state index in [2.05, 4.69) is 31.5 Å². The Hall–Kier alpha value is -0.560. The summed E-state index contributed by atoms with van der Waals surface area (Å²) < 4.78 is 0.745. The molecule has 1 atom stereocenters. The molecule has 2 heterocycles. The smallest absolute Gasteiger partial charge is 0.271 e. The van der Waals surface area contributed by atoms with Crippen molar-refractivity contribution < 1.29 is 4.79 Å². The summed E-state index contributed by atoms with van der Waals surface area (Å²) in [7, 11) is 0. The van der Waals surface area contributed by atoms with Gasteiger partial charge in [0.15, 0.2) is 0 Å². The molecule has 1 aromatic rings. The molecule has 118 valence electrons. The lowest BCUT2D eigenvalue weighted by Crippen LogP contribution is -2.32. The van der Waals surface area contributed by atoms with Gasteiger partial charge < -0.3 is 15.6 Å². The van der Waals surface area contributed by atoms with Crippen LogP contribution in [0.4, 0.5) is 5.69 Å². The average molecular weight is 399 g/mol. The minimum Gasteiger partial charge on any atom is -0.326 e. The third-order valence-electron chi connectivity index (χ3n) is 4.23. The van der Waals surface area contributed by atoms with Gasteiger partial charge in [0.25, 0.3) is 5.56 Å². The van der Waals surface area contributed by atoms with Gasteiger partial charge in [-0.15, -0.1) is 24.8 Å². The van der Waals surface area contributed by atoms with Gasteiger partial charge in [-0.25, -0.2) is 0 Å². The number of pyridine rings is 1. The first-order chi connectivity index (χ1) is 9.11. The van der Waals surface area contributed by atoms with E-state index in [1.807, 2.05) is 0 Å². The Labute approximate surface area is 143 Å². The molecule has 1 aliphatic heterocycles. The molecular formula is C13H18BrCl2N3O2. The molecule has 21 heavy (non-hydrogen) atoms. The van der Waals surface area contributed by atoms with Crippen molar-refractivity contribution in [3.8, 4) is 0 Å². The Morgan fingerprint density at radius 3 is 2.67 bits per heavy atom. The third-order valence-corrected chi connectivity index (χ3v) is 4.69. The van der Waals surface area contributed by atoms with E-state index in [4.69, 9.17) is 0 Å². The maximum absolute atomic E-state index is 12.2. The van der Waals surface area contributed by atoms with Gasteiger partial charge in [-0.05, 0) is 59.8 Å². The van der Waals surface area contributed by atoms with E-state index >= 15 is 0 Å². The van der Waals surface area contributed by atoms with Gasteiger partial charge in [0, 0.05) is 16.6 Å². The molecule has 0 bridgehead atoms. The Balaban J connectivity index is 0.00000110. The van der Waals surface area contributed by atoms with E-state index < -0.39 is 0 Å². The molecule has 3 rings (SSSR count). The first-order valence-electron chi connectivity index (χ1n) is 6.51. The highest BCUT2D eigenvalue weighted by molar-refractivity contribution is 9.10. The molecule has 1 aromatic heterocycles. The quantitative estimate of drug-likeness (QED) is 0.715. The summed E-state index contributed by atoms with van der Waals surface area (Å²) in [6, 6.07) is 1.63. The average Bonchev–Trinajstić information content (AvgIpc) is 3.08. The number of aromatic nitrogens is 1. The second-order valence-electron chi connectivity index (χ2n) is 5.42. The Morgan fingerprint density at radius 2 is 2.00 bits per heavy atom. The van der Waals surface area contributed by atoms with Gasteiger partial charge in [-0.1, -0.05) is 0 Å². The summed E-state index contributed by atoms with van der Waals surface area (Å²) in [4.78, 5) is 26.4. The number of carbonyl (C=O) groups excluding carboxylic acids is 1. The van der Waals surface area contributed by atoms with E-state index in [-0.39, 0.29) is 47.6 Å². The molecule has 1 saturated carbocycles. The topological polar surface area (TPSA) is 74.0 Å². The molecule has 1 amide bonds. The maximum Gasteiger partial charge on any atom is 0.271 e. The van der Waals surface area contributed by atoms with E-state index in [0.717, 1.165) is 36.8 Å². The fraction of sp³-hybridized carbons (Fsp3) is 0.538. The summed E-state index contributed by atoms with van der Waals surface area (Å²) in [6.45, 7) is 1.97. The molecule has 5 nitrogen and oxygen atoms in total. The molecule has 0 radical (unpaired) electrons. The zero-order chi connectivity index (χ0) is 13.5. The fourth-order valence-electron chi connectivity index (χ4n) is 2.97. The van der Waals surface area contributed by atoms with Crippen LogP contribution in [-0.4, -0.2) is 24.0 Å². The highest BCUT2D eigenvalue weighted by atomic mass is 79.9. The Kier molecular flexibility index (Phi) is 6.28. The lowest BCUT2D eigenvalue weighted by molar-refractivity contribution is -0.118. The Morgan fingerprint density at radius 1 is 1.33 bits per heavy atom. The summed E-state index contributed by atoms with van der Waals surface area (Å²) in [5, 5.41) is 6.06. The molecule has 3 N–H and O–H groups in total. The van der Waals surface area contributed by atoms with Crippen molar-refractivity contribution in [2.45, 2.75) is 19.3 Å². The number of rotatable bonds is 2. The SMILES string of the molecule is Cl.Cl.O=C(Nc1cc(Br)c[nH]c1=O)C1CC12CCNCC2. The van der Waals surface area contributed by atoms with Crippen LogP contribution in [0, 0.1) is 11.3 Å². The molecule has 1 aliphatic carbocycles. The van der Waals surface area contributed by atoms with Crippen LogP contribution in [0.5, 0.6) is 0 Å². The van der Waals surface area contributed by atoms with Crippen molar-refractivity contribution >= 4 is 52.3 Å². The molecule has 1 unspecified atom stereocenters. The number of anilines is 1. The van der Waals surface area contributed by atoms with E-state index in [1.165, 1.54) is 0 Å². The first-order valence-corrected chi connectivity index (χ1v) is 7.30. The van der Waals surface area contributed by atoms with Gasteiger partial charge in [0.2, 0.25) is 5.91 Å². The highest BCUT2D eigenvalue weighted by Crippen LogP contribution is 2.58. The second-order valence-corrected chi connectivity index (χ2v) is 6.33. The number of amides is 1. The lowest BCUT2D eigenvalue weighted by atomic mass is 9.92. The number of piperidine rings is 1. The van der Waals surface area contributed by atoms with Crippen LogP contribution in [-0.2, 0) is 4.79 Å². The summed E-state index contributed by atoms with van der Waals surface area (Å²) in [5.41, 5.74) is 0.237. The molecule has 1 saturated heterocycles. The lowest BCUT2D eigenvalue weighted by Gasteiger charge is -2.23. The van der Waals surface area contributed by atoms with Gasteiger partial charge in [0.1, 0.15) is 5.69 Å². The van der Waals surface area contributed by atoms with Crippen molar-refractivity contribution in [2.24, 2.45) is 11.3 Å². The number of nitrogens with one attached hydrogen (secondary N) is 3. The van der Waals surface area contributed by atoms with Crippen LogP contribution < -0.4 is 16.2 Å². The molecule has 0 aromatic carbocycles. The van der Waals surface area contributed by atoms with Crippen LogP contribution >= 0.6 is 40.7 Å². The standard InChI is InChI=1S/C13H16BrN3O2.2ClH/c14-8-5-10(12(19)16-7-8)17-11(18)9-6-13(9)1-3-15-4-2-13;;/h5,7,9,15H,1-4,6H2,(H,16,19)(H,17,18);2*1H. The van der Waals surface area contributed by atoms with Crippen LogP contribution in [0.2, 0.25) is 0 Å². The number of H-pyrrole nitrogens is 1. The summed E-state index contributed by atoms with van der Waals surface area (Å²) in [5.74, 6) is 0.0403. The summed E-state index contributed by atoms with van der Waals surface area (Å²) in [6.07, 6.45) is 4.62. The van der Waals surface area contributed by atoms with Crippen molar-refractivity contribution in [1.82, 2.24) is 10.3 Å². The van der Waals surface area contributed by atoms with Crippen molar-refractivity contribution in [3.63, 3.8) is 0 Å². The van der Waals surface area contributed by atoms with E-state index in [1.54, 1.807) is 12.3 Å². The van der Waals surface area contributed by atoms with Crippen LogP contribution in [0.3, 0.4) is 0 Å². The zero-order valence-corrected chi connectivity index (χ0v) is 14.5. The van der Waals surface area contributed by atoms with Crippen molar-refractivity contribution in [1.29, 1.82) is 0 Å². The maximum atomic E-state index is 12.2. The van der Waals surface area contributed by atoms with E-state index in [9.17, 15) is 9.59 Å². The highest BCUT2D eigenvalue weighted by Gasteiger charge is 2.57. The van der Waals surface area contributed by atoms with Crippen molar-refractivity contribution in [3.05, 3.63) is 27.1 Å². The predicted molar refractivity (Wildman–Crippen MR) is 90.5 cm³/mol. The van der Waals surface area contributed by atoms with Crippen LogP contribution in [0.15, 0.2) is 21.5 Å². The monoisotopic (exact) mass is 397 g/mol. The number of hydrogen-bond acceptors (Lipinski definition) is 3. The minimum absolute atomic E-state index is 0. The predicted octanol–water partition coefficient (Wildman–Crippen LogP) is 2.31. The third kappa shape index (κ3) is 3.80. The van der Waals surface area contributed by atoms with Crippen LogP contribution in [0.1, 0.15) is 19.3 Å². The number of halogens is 3. The normalized spacial score (nSPS) is 21.9. The van der Waals surface area contributed by atoms with E-state index in [0.29, 0.717) is 5.69 Å². The molecule has 8 heteroatoms. The minimum atomic E-state index is -0.267. The molecule has 1 spiro atoms. The first kappa shape index (κ1) is 18.5. The number of hydrogen-bond donors (Lipinski definition) is 3. The second kappa shape index (κ2) is 7.13. The summed E-state index contributed by atoms with van der Waals surface area (Å²) >= 11 is 3.28. The van der Waals surface area contributed by atoms with Gasteiger partial charge >= 0.3 is 0 Å². The zero-order valence-electron chi connectivity index (χ0n) is 11.3. The van der Waals surface area contributed by atoms with Gasteiger partial charge in [-0.2, -0.15) is 0 Å². The molecular weight excluding hydrogens is 381 g/mol. The fourth-order valence-corrected chi connectivity index (χ4v) is 3.31. The Bertz CT molecular complexity index is 573. The van der Waals surface area contributed by atoms with Crippen molar-refractivity contribution in [2.75, 3.05) is 18.4 Å². The van der Waals surface area contributed by atoms with Gasteiger partial charge in [-0.3, -0.25) is 9.59 Å². The largest absolute Gasteiger partial charge is 0.326 e. The molecule has 2 aliphatic rings. The number of aromatic amines is 1. The number of carbonyl (C=O) groups is 1. The molecule has 2 fully saturated rings.